The van der Waals surface area contributed by atoms with E-state index in [0.29, 0.717) is 0 Å². The molecule has 4 atom stereocenters. The van der Waals surface area contributed by atoms with Gasteiger partial charge in [-0.15, -0.1) is 0 Å². The van der Waals surface area contributed by atoms with Gasteiger partial charge in [0.15, 0.2) is 18.1 Å². The second kappa shape index (κ2) is 8.17. The highest BCUT2D eigenvalue weighted by Crippen LogP contribution is 2.42. The lowest BCUT2D eigenvalue weighted by molar-refractivity contribution is -0.522. The largest absolute Gasteiger partial charge is 0.438 e. The van der Waals surface area contributed by atoms with Crippen molar-refractivity contribution in [1.29, 1.82) is 0 Å². The predicted octanol–water partition coefficient (Wildman–Crippen LogP) is -5.17. The van der Waals surface area contributed by atoms with Gasteiger partial charge in [-0.3, -0.25) is 40.2 Å². The Labute approximate surface area is 203 Å². The zero-order valence-corrected chi connectivity index (χ0v) is 18.9. The summed E-state index contributed by atoms with van der Waals surface area (Å²) in [6.45, 7) is -0.490. The second-order valence-electron chi connectivity index (χ2n) is 8.93. The number of nitrogens with two attached hydrogens (primary N) is 2. The number of aliphatic hydroxyl groups is 2. The van der Waals surface area contributed by atoms with Crippen LogP contribution in [0.15, 0.2) is 35.3 Å². The summed E-state index contributed by atoms with van der Waals surface area (Å²) in [7, 11) is 0. The van der Waals surface area contributed by atoms with Crippen molar-refractivity contribution in [2.75, 3.05) is 13.1 Å². The summed E-state index contributed by atoms with van der Waals surface area (Å²) >= 11 is 0. The average Bonchev–Trinajstić information content (AvgIpc) is 3.42. The van der Waals surface area contributed by atoms with Gasteiger partial charge >= 0.3 is 12.1 Å². The topological polar surface area (TPSA) is 227 Å². The third-order valence-electron chi connectivity index (χ3n) is 6.86. The molecule has 36 heavy (non-hydrogen) atoms. The number of benzene rings is 1. The molecule has 1 aromatic carbocycles. The van der Waals surface area contributed by atoms with E-state index in [-0.39, 0.29) is 55.2 Å². The zero-order chi connectivity index (χ0) is 25.8. The third-order valence-corrected chi connectivity index (χ3v) is 6.86. The number of alkyl carbamates (subject to hydrolysis) is 1. The van der Waals surface area contributed by atoms with Gasteiger partial charge in [0.1, 0.15) is 6.04 Å². The maximum absolute atomic E-state index is 12.5. The van der Waals surface area contributed by atoms with Gasteiger partial charge in [0.2, 0.25) is 11.8 Å². The van der Waals surface area contributed by atoms with Crippen LogP contribution in [-0.2, 0) is 14.3 Å². The van der Waals surface area contributed by atoms with E-state index in [4.69, 9.17) is 16.2 Å². The minimum atomic E-state index is -2.81. The highest BCUT2D eigenvalue weighted by Gasteiger charge is 2.77. The van der Waals surface area contributed by atoms with Crippen molar-refractivity contribution in [2.24, 2.45) is 16.5 Å². The van der Waals surface area contributed by atoms with Crippen LogP contribution in [0.4, 0.5) is 4.79 Å². The highest BCUT2D eigenvalue weighted by molar-refractivity contribution is 6.03. The first kappa shape index (κ1) is 23.5. The summed E-state index contributed by atoms with van der Waals surface area (Å²) in [6, 6.07) is 6.00. The number of likely N-dealkylation sites (tertiary alicyclic amines) is 1. The standard InChI is InChI=1S/C21H24N8O7/c22-17-25-15-11(8-28-13(30)6-7-14(28)31)24-18(23)29-9-12(21(34,35)20(15,29)27-17)36-19(33)26-16(32)10-4-2-1-3-5-10/h1-5,11-12,15,34-35H,6-9H2,(H2,23,24)(H3,22,25,27)(H,26,32,33)/p+1/t11-,12-,15-,20-/m0/s1. The van der Waals surface area contributed by atoms with E-state index < -0.39 is 41.6 Å². The molecule has 9 N–H and O–H groups in total. The fraction of sp³-hybridized carbons (Fsp3) is 0.429. The van der Waals surface area contributed by atoms with Crippen LogP contribution >= 0.6 is 0 Å². The molecular formula is C21H25N8O7+. The Morgan fingerprint density at radius 3 is 2.53 bits per heavy atom. The Kier molecular flexibility index (Phi) is 5.33. The maximum atomic E-state index is 12.5. The summed E-state index contributed by atoms with van der Waals surface area (Å²) in [4.78, 5) is 58.7. The van der Waals surface area contributed by atoms with Gasteiger partial charge in [-0.2, -0.15) is 0 Å². The van der Waals surface area contributed by atoms with Gasteiger partial charge in [-0.1, -0.05) is 18.2 Å². The Morgan fingerprint density at radius 1 is 1.19 bits per heavy atom. The third kappa shape index (κ3) is 3.43. The molecule has 190 valence electrons. The van der Waals surface area contributed by atoms with Crippen molar-refractivity contribution in [3.05, 3.63) is 35.9 Å². The van der Waals surface area contributed by atoms with E-state index in [1.807, 2.05) is 5.32 Å². The van der Waals surface area contributed by atoms with Crippen LogP contribution in [-0.4, -0.2) is 98.5 Å². The summed E-state index contributed by atoms with van der Waals surface area (Å²) in [5, 5.41) is 27.5. The van der Waals surface area contributed by atoms with E-state index in [2.05, 4.69) is 15.3 Å². The SMILES string of the molecule is NC1=N[C@@H](CN2C(=O)CCC2=O)[C@@H]2[NH+]=C(N)N[C@]23N1C[C@H](OC(=O)NC(=O)c1ccccc1)C3(O)O. The molecule has 15 heteroatoms. The number of hydrogen-bond acceptors (Lipinski definition) is 12. The number of aliphatic imine (C=N–C) groups is 1. The van der Waals surface area contributed by atoms with Gasteiger partial charge in [0.05, 0.1) is 13.1 Å². The van der Waals surface area contributed by atoms with Gasteiger partial charge < -0.3 is 20.7 Å². The molecule has 0 radical (unpaired) electrons. The average molecular weight is 501 g/mol. The molecule has 0 unspecified atom stereocenters. The van der Waals surface area contributed by atoms with Crippen LogP contribution in [0.2, 0.25) is 0 Å². The monoisotopic (exact) mass is 501 g/mol. The number of ether oxygens (including phenoxy) is 1. The van der Waals surface area contributed by atoms with Gasteiger partial charge in [0, 0.05) is 18.4 Å². The summed E-state index contributed by atoms with van der Waals surface area (Å²) in [6.07, 6.45) is -2.67. The fourth-order valence-electron chi connectivity index (χ4n) is 5.18. The Balaban J connectivity index is 1.39. The maximum Gasteiger partial charge on any atom is 0.414 e. The van der Waals surface area contributed by atoms with Crippen molar-refractivity contribution in [3.63, 3.8) is 0 Å². The van der Waals surface area contributed by atoms with E-state index in [9.17, 15) is 29.4 Å². The molecular weight excluding hydrogens is 476 g/mol. The quantitative estimate of drug-likeness (QED) is 0.152. The summed E-state index contributed by atoms with van der Waals surface area (Å²) in [5.41, 5.74) is 10.4. The van der Waals surface area contributed by atoms with Crippen molar-refractivity contribution >= 4 is 35.7 Å². The number of amides is 4. The van der Waals surface area contributed by atoms with Crippen LogP contribution < -0.4 is 27.1 Å². The first-order valence-corrected chi connectivity index (χ1v) is 11.2. The Morgan fingerprint density at radius 2 is 1.86 bits per heavy atom. The number of carbonyl (C=O) groups excluding carboxylic acids is 4. The van der Waals surface area contributed by atoms with Crippen LogP contribution in [0.1, 0.15) is 23.2 Å². The lowest BCUT2D eigenvalue weighted by atomic mass is 9.85. The van der Waals surface area contributed by atoms with Gasteiger partial charge in [0.25, 0.3) is 17.4 Å². The number of rotatable bonds is 4. The number of imide groups is 2. The number of nitrogens with zero attached hydrogens (tertiary/aromatic N) is 3. The van der Waals surface area contributed by atoms with E-state index >= 15 is 0 Å². The highest BCUT2D eigenvalue weighted by atomic mass is 16.6. The molecule has 1 spiro atoms. The number of nitrogens with one attached hydrogen (secondary N) is 3. The van der Waals surface area contributed by atoms with Crippen LogP contribution in [0.25, 0.3) is 0 Å². The molecule has 0 aliphatic carbocycles. The predicted molar refractivity (Wildman–Crippen MR) is 119 cm³/mol. The molecule has 2 fully saturated rings. The Hall–Kier alpha value is -4.24. The second-order valence-corrected chi connectivity index (χ2v) is 8.93. The van der Waals surface area contributed by atoms with Crippen LogP contribution in [0.5, 0.6) is 0 Å². The molecule has 5 rings (SSSR count). The lowest BCUT2D eigenvalue weighted by Gasteiger charge is -2.46. The molecule has 4 aliphatic rings. The number of hydrogen-bond donors (Lipinski definition) is 7. The minimum absolute atomic E-state index is 0.0455. The number of guanidine groups is 2. The van der Waals surface area contributed by atoms with E-state index in [1.54, 1.807) is 18.2 Å². The smallest absolute Gasteiger partial charge is 0.414 e. The molecule has 0 aromatic heterocycles. The zero-order valence-electron chi connectivity index (χ0n) is 18.9. The molecule has 2 saturated heterocycles. The molecule has 4 heterocycles. The summed E-state index contributed by atoms with van der Waals surface area (Å²) in [5.74, 6) is -4.50. The molecule has 0 bridgehead atoms. The molecule has 0 saturated carbocycles. The minimum Gasteiger partial charge on any atom is -0.438 e. The van der Waals surface area contributed by atoms with Crippen molar-refractivity contribution in [1.82, 2.24) is 20.4 Å². The molecule has 4 amide bonds. The lowest BCUT2D eigenvalue weighted by Crippen LogP contribution is -2.90. The molecule has 15 nitrogen and oxygen atoms in total. The molecule has 4 aliphatic heterocycles. The molecule has 1 aromatic rings. The van der Waals surface area contributed by atoms with Gasteiger partial charge in [-0.25, -0.2) is 15.1 Å². The van der Waals surface area contributed by atoms with E-state index in [1.165, 1.54) is 17.0 Å². The van der Waals surface area contributed by atoms with Crippen molar-refractivity contribution in [2.45, 2.75) is 42.5 Å². The normalized spacial score (nSPS) is 30.2. The first-order valence-electron chi connectivity index (χ1n) is 11.2. The van der Waals surface area contributed by atoms with Crippen LogP contribution in [0.3, 0.4) is 0 Å². The van der Waals surface area contributed by atoms with Gasteiger partial charge in [-0.05, 0) is 12.1 Å². The number of carbonyl (C=O) groups is 4. The van der Waals surface area contributed by atoms with Crippen molar-refractivity contribution in [3.8, 4) is 0 Å². The fourth-order valence-corrected chi connectivity index (χ4v) is 5.18. The first-order chi connectivity index (χ1) is 17.0. The van der Waals surface area contributed by atoms with Crippen LogP contribution in [0, 0.1) is 0 Å². The van der Waals surface area contributed by atoms with Crippen molar-refractivity contribution < 1.29 is 39.1 Å². The Bertz CT molecular complexity index is 1190. The van der Waals surface area contributed by atoms with E-state index in [0.717, 1.165) is 4.90 Å². The summed E-state index contributed by atoms with van der Waals surface area (Å²) < 4.78 is 5.24.